The molecule has 3 heteroatoms. The second-order valence-electron chi connectivity index (χ2n) is 6.08. The molecule has 1 aromatic rings. The van der Waals surface area contributed by atoms with Gasteiger partial charge in [-0.3, -0.25) is 0 Å². The normalized spacial score (nSPS) is 21.8. The zero-order valence-corrected chi connectivity index (χ0v) is 13.6. The van der Waals surface area contributed by atoms with E-state index in [-0.39, 0.29) is 6.04 Å². The predicted octanol–water partition coefficient (Wildman–Crippen LogP) is 3.60. The van der Waals surface area contributed by atoms with E-state index in [2.05, 4.69) is 17.9 Å². The Bertz CT molecular complexity index is 421. The summed E-state index contributed by atoms with van der Waals surface area (Å²) in [7, 11) is 0. The number of nitrogens with two attached hydrogens (primary N) is 1. The lowest BCUT2D eigenvalue weighted by Gasteiger charge is -2.25. The molecular formula is C18H30N2O. The Morgan fingerprint density at radius 2 is 2.05 bits per heavy atom. The maximum atomic E-state index is 6.45. The Balaban J connectivity index is 1.96. The SMILES string of the molecule is CCOc1ccccc1C(N)CN1CCCC(CC)CC1. The molecule has 1 heterocycles. The van der Waals surface area contributed by atoms with Crippen molar-refractivity contribution in [3.63, 3.8) is 0 Å². The molecule has 0 amide bonds. The summed E-state index contributed by atoms with van der Waals surface area (Å²) in [5.41, 5.74) is 7.59. The lowest BCUT2D eigenvalue weighted by atomic mass is 9.98. The largest absolute Gasteiger partial charge is 0.494 e. The lowest BCUT2D eigenvalue weighted by molar-refractivity contribution is 0.259. The van der Waals surface area contributed by atoms with E-state index in [1.54, 1.807) is 0 Å². The van der Waals surface area contributed by atoms with Crippen LogP contribution in [0.2, 0.25) is 0 Å². The Morgan fingerprint density at radius 3 is 2.81 bits per heavy atom. The number of hydrogen-bond acceptors (Lipinski definition) is 3. The van der Waals surface area contributed by atoms with E-state index in [1.807, 2.05) is 25.1 Å². The summed E-state index contributed by atoms with van der Waals surface area (Å²) in [5.74, 6) is 1.84. The molecule has 0 aliphatic carbocycles. The molecule has 118 valence electrons. The zero-order chi connectivity index (χ0) is 15.1. The highest BCUT2D eigenvalue weighted by atomic mass is 16.5. The van der Waals surface area contributed by atoms with E-state index in [4.69, 9.17) is 10.5 Å². The molecule has 0 radical (unpaired) electrons. The highest BCUT2D eigenvalue weighted by Gasteiger charge is 2.19. The molecule has 0 spiro atoms. The Labute approximate surface area is 129 Å². The van der Waals surface area contributed by atoms with Gasteiger partial charge in [0.05, 0.1) is 6.61 Å². The number of likely N-dealkylation sites (tertiary alicyclic amines) is 1. The highest BCUT2D eigenvalue weighted by Crippen LogP contribution is 2.26. The molecule has 1 fully saturated rings. The number of nitrogens with zero attached hydrogens (tertiary/aromatic N) is 1. The molecule has 1 aromatic carbocycles. The maximum Gasteiger partial charge on any atom is 0.124 e. The third kappa shape index (κ3) is 4.72. The van der Waals surface area contributed by atoms with Crippen LogP contribution in [0.5, 0.6) is 5.75 Å². The minimum atomic E-state index is 0.0333. The smallest absolute Gasteiger partial charge is 0.124 e. The molecular weight excluding hydrogens is 260 g/mol. The number of ether oxygens (including phenoxy) is 1. The van der Waals surface area contributed by atoms with Crippen LogP contribution >= 0.6 is 0 Å². The van der Waals surface area contributed by atoms with Crippen LogP contribution in [0.1, 0.15) is 51.1 Å². The minimum absolute atomic E-state index is 0.0333. The van der Waals surface area contributed by atoms with E-state index >= 15 is 0 Å². The Hall–Kier alpha value is -1.06. The summed E-state index contributed by atoms with van der Waals surface area (Å²) >= 11 is 0. The van der Waals surface area contributed by atoms with Crippen LogP contribution in [0, 0.1) is 5.92 Å². The van der Waals surface area contributed by atoms with Crippen molar-refractivity contribution in [3.8, 4) is 5.75 Å². The van der Waals surface area contributed by atoms with Crippen molar-refractivity contribution >= 4 is 0 Å². The lowest BCUT2D eigenvalue weighted by Crippen LogP contribution is -2.33. The van der Waals surface area contributed by atoms with Crippen molar-refractivity contribution in [3.05, 3.63) is 29.8 Å². The van der Waals surface area contributed by atoms with Crippen LogP contribution in [0.4, 0.5) is 0 Å². The first-order valence-electron chi connectivity index (χ1n) is 8.44. The molecule has 3 nitrogen and oxygen atoms in total. The third-order valence-electron chi connectivity index (χ3n) is 4.59. The number of benzene rings is 1. The fourth-order valence-electron chi connectivity index (χ4n) is 3.27. The van der Waals surface area contributed by atoms with Crippen LogP contribution in [-0.4, -0.2) is 31.1 Å². The fourth-order valence-corrected chi connectivity index (χ4v) is 3.27. The first-order valence-corrected chi connectivity index (χ1v) is 8.44. The molecule has 1 saturated heterocycles. The van der Waals surface area contributed by atoms with Crippen LogP contribution in [-0.2, 0) is 0 Å². The molecule has 2 rings (SSSR count). The van der Waals surface area contributed by atoms with E-state index in [9.17, 15) is 0 Å². The average Bonchev–Trinajstić information content (AvgIpc) is 2.73. The molecule has 1 aliphatic heterocycles. The summed E-state index contributed by atoms with van der Waals surface area (Å²) in [4.78, 5) is 2.53. The molecule has 1 aliphatic rings. The minimum Gasteiger partial charge on any atom is -0.494 e. The molecule has 0 aromatic heterocycles. The van der Waals surface area contributed by atoms with Crippen molar-refractivity contribution in [2.75, 3.05) is 26.2 Å². The van der Waals surface area contributed by atoms with Crippen molar-refractivity contribution in [1.29, 1.82) is 0 Å². The topological polar surface area (TPSA) is 38.5 Å². The summed E-state index contributed by atoms with van der Waals surface area (Å²) in [6, 6.07) is 8.22. The van der Waals surface area contributed by atoms with Crippen LogP contribution < -0.4 is 10.5 Å². The molecule has 0 saturated carbocycles. The monoisotopic (exact) mass is 290 g/mol. The average molecular weight is 290 g/mol. The second kappa shape index (κ2) is 8.40. The van der Waals surface area contributed by atoms with E-state index in [1.165, 1.54) is 38.8 Å². The first kappa shape index (κ1) is 16.3. The third-order valence-corrected chi connectivity index (χ3v) is 4.59. The maximum absolute atomic E-state index is 6.45. The van der Waals surface area contributed by atoms with Gasteiger partial charge in [-0.25, -0.2) is 0 Å². The van der Waals surface area contributed by atoms with Gasteiger partial charge < -0.3 is 15.4 Å². The molecule has 21 heavy (non-hydrogen) atoms. The number of hydrogen-bond donors (Lipinski definition) is 1. The number of rotatable bonds is 6. The summed E-state index contributed by atoms with van der Waals surface area (Å²) < 4.78 is 5.71. The van der Waals surface area contributed by atoms with E-state index in [0.29, 0.717) is 6.61 Å². The summed E-state index contributed by atoms with van der Waals surface area (Å²) in [6.45, 7) is 8.31. The van der Waals surface area contributed by atoms with Gasteiger partial charge in [0.2, 0.25) is 0 Å². The van der Waals surface area contributed by atoms with Gasteiger partial charge in [0.25, 0.3) is 0 Å². The molecule has 2 unspecified atom stereocenters. The molecule has 0 bridgehead atoms. The number of para-hydroxylation sites is 1. The van der Waals surface area contributed by atoms with Gasteiger partial charge in [0.15, 0.2) is 0 Å². The van der Waals surface area contributed by atoms with Gasteiger partial charge in [-0.05, 0) is 51.3 Å². The highest BCUT2D eigenvalue weighted by molar-refractivity contribution is 5.35. The van der Waals surface area contributed by atoms with Crippen molar-refractivity contribution in [2.24, 2.45) is 11.7 Å². The van der Waals surface area contributed by atoms with Crippen molar-refractivity contribution < 1.29 is 4.74 Å². The Morgan fingerprint density at radius 1 is 1.24 bits per heavy atom. The van der Waals surface area contributed by atoms with Crippen LogP contribution in [0.25, 0.3) is 0 Å². The molecule has 2 atom stereocenters. The fraction of sp³-hybridized carbons (Fsp3) is 0.667. The summed E-state index contributed by atoms with van der Waals surface area (Å²) in [5, 5.41) is 0. The van der Waals surface area contributed by atoms with Gasteiger partial charge in [-0.1, -0.05) is 31.5 Å². The second-order valence-corrected chi connectivity index (χ2v) is 6.08. The first-order chi connectivity index (χ1) is 10.2. The van der Waals surface area contributed by atoms with Gasteiger partial charge in [0.1, 0.15) is 5.75 Å². The van der Waals surface area contributed by atoms with Crippen LogP contribution in [0.15, 0.2) is 24.3 Å². The van der Waals surface area contributed by atoms with Crippen molar-refractivity contribution in [1.82, 2.24) is 4.90 Å². The zero-order valence-electron chi connectivity index (χ0n) is 13.6. The van der Waals surface area contributed by atoms with Gasteiger partial charge >= 0.3 is 0 Å². The van der Waals surface area contributed by atoms with Crippen LogP contribution in [0.3, 0.4) is 0 Å². The van der Waals surface area contributed by atoms with Gasteiger partial charge in [-0.2, -0.15) is 0 Å². The predicted molar refractivity (Wildman–Crippen MR) is 88.6 cm³/mol. The standard InChI is InChI=1S/C18H30N2O/c1-3-15-8-7-12-20(13-11-15)14-17(19)16-9-5-6-10-18(16)21-4-2/h5-6,9-10,15,17H,3-4,7-8,11-14,19H2,1-2H3. The van der Waals surface area contributed by atoms with E-state index in [0.717, 1.165) is 23.8 Å². The Kier molecular flexibility index (Phi) is 6.52. The molecule has 2 N–H and O–H groups in total. The summed E-state index contributed by atoms with van der Waals surface area (Å²) in [6.07, 6.45) is 5.31. The van der Waals surface area contributed by atoms with E-state index < -0.39 is 0 Å². The van der Waals surface area contributed by atoms with Gasteiger partial charge in [-0.15, -0.1) is 0 Å². The van der Waals surface area contributed by atoms with Gasteiger partial charge in [0, 0.05) is 18.2 Å². The quantitative estimate of drug-likeness (QED) is 0.870. The van der Waals surface area contributed by atoms with Crippen molar-refractivity contribution in [2.45, 2.75) is 45.6 Å².